The lowest BCUT2D eigenvalue weighted by atomic mass is 9.99. The van der Waals surface area contributed by atoms with Gasteiger partial charge in [-0.2, -0.15) is 0 Å². The van der Waals surface area contributed by atoms with Gasteiger partial charge >= 0.3 is 39.5 Å². The van der Waals surface area contributed by atoms with Crippen LogP contribution in [0.5, 0.6) is 0 Å². The minimum Gasteiger partial charge on any atom is -0.462 e. The van der Waals surface area contributed by atoms with Gasteiger partial charge in [-0.25, -0.2) is 9.13 Å². The van der Waals surface area contributed by atoms with Crippen LogP contribution in [-0.4, -0.2) is 96.7 Å². The second-order valence-corrected chi connectivity index (χ2v) is 35.8. The molecule has 0 aliphatic rings. The van der Waals surface area contributed by atoms with Crippen molar-refractivity contribution in [1.29, 1.82) is 0 Å². The molecule has 0 aromatic heterocycles. The van der Waals surface area contributed by atoms with Crippen molar-refractivity contribution in [1.82, 2.24) is 0 Å². The first-order chi connectivity index (χ1) is 53.6. The molecule has 654 valence electrons. The zero-order chi connectivity index (χ0) is 80.4. The minimum absolute atomic E-state index is 0.109. The summed E-state index contributed by atoms with van der Waals surface area (Å²) in [5.74, 6) is -1.22. The standard InChI is InChI=1S/C91H178O17P2/c1-6-10-13-16-19-22-25-27-29-30-31-32-33-34-38-42-45-50-55-60-65-70-75-89(94)102-81-87(108-91(96)77-72-67-62-57-52-47-43-39-36-35-37-41-44-49-53-58-63-68-73-84(5)9-4)83-106-110(99,100)104-79-85(92)78-103-109(97,98)105-82-86(80-101-88(93)74-69-64-59-54-48-24-21-18-15-12-8-3)107-90(95)76-71-66-61-56-51-46-40-28-26-23-20-17-14-11-7-2/h84-87,92H,6-83H2,1-5H3,(H,97,98)(H,99,100)/t84?,85-,86+,87+/m0/s1. The van der Waals surface area contributed by atoms with Gasteiger partial charge in [0.1, 0.15) is 19.3 Å². The summed E-state index contributed by atoms with van der Waals surface area (Å²) in [7, 11) is -9.93. The highest BCUT2D eigenvalue weighted by Gasteiger charge is 2.31. The van der Waals surface area contributed by atoms with E-state index in [4.69, 9.17) is 37.0 Å². The van der Waals surface area contributed by atoms with Crippen molar-refractivity contribution in [3.8, 4) is 0 Å². The van der Waals surface area contributed by atoms with Gasteiger partial charge in [0.15, 0.2) is 12.2 Å². The number of aliphatic hydroxyl groups is 1. The van der Waals surface area contributed by atoms with E-state index in [-0.39, 0.29) is 25.7 Å². The van der Waals surface area contributed by atoms with E-state index < -0.39 is 97.5 Å². The molecule has 3 N–H and O–H groups in total. The number of aliphatic hydroxyl groups excluding tert-OH is 1. The predicted octanol–water partition coefficient (Wildman–Crippen LogP) is 28.3. The lowest BCUT2D eigenvalue weighted by Gasteiger charge is -2.21. The summed E-state index contributed by atoms with van der Waals surface area (Å²) in [6.45, 7) is 7.46. The molecule has 19 heteroatoms. The highest BCUT2D eigenvalue weighted by Crippen LogP contribution is 2.45. The topological polar surface area (TPSA) is 237 Å². The fourth-order valence-electron chi connectivity index (χ4n) is 14.3. The van der Waals surface area contributed by atoms with Gasteiger partial charge in [0.25, 0.3) is 0 Å². The van der Waals surface area contributed by atoms with Gasteiger partial charge in [-0.3, -0.25) is 37.3 Å². The van der Waals surface area contributed by atoms with Gasteiger partial charge in [0.2, 0.25) is 0 Å². The van der Waals surface area contributed by atoms with E-state index >= 15 is 0 Å². The average Bonchev–Trinajstić information content (AvgIpc) is 0.899. The first-order valence-corrected chi connectivity index (χ1v) is 50.2. The molecule has 0 bridgehead atoms. The summed E-state index contributed by atoms with van der Waals surface area (Å²) in [6.07, 6.45) is 79.2. The van der Waals surface area contributed by atoms with Crippen LogP contribution in [0.25, 0.3) is 0 Å². The Labute approximate surface area is 677 Å². The van der Waals surface area contributed by atoms with E-state index in [2.05, 4.69) is 34.6 Å². The van der Waals surface area contributed by atoms with Crippen molar-refractivity contribution in [3.63, 3.8) is 0 Å². The Morgan fingerprint density at radius 2 is 0.436 bits per heavy atom. The Balaban J connectivity index is 5.21. The van der Waals surface area contributed by atoms with Crippen molar-refractivity contribution in [2.75, 3.05) is 39.6 Å². The number of ether oxygens (including phenoxy) is 4. The Morgan fingerprint density at radius 3 is 0.645 bits per heavy atom. The van der Waals surface area contributed by atoms with Crippen LogP contribution in [0.4, 0.5) is 0 Å². The Hall–Kier alpha value is -1.94. The van der Waals surface area contributed by atoms with Gasteiger partial charge in [-0.15, -0.1) is 0 Å². The second kappa shape index (κ2) is 83.5. The third-order valence-electron chi connectivity index (χ3n) is 21.9. The summed E-state index contributed by atoms with van der Waals surface area (Å²) in [5, 5.41) is 10.7. The highest BCUT2D eigenvalue weighted by atomic mass is 31.2. The molecule has 0 radical (unpaired) electrons. The van der Waals surface area contributed by atoms with Gasteiger partial charge in [-0.1, -0.05) is 446 Å². The van der Waals surface area contributed by atoms with Crippen LogP contribution in [0.1, 0.15) is 497 Å². The molecule has 0 aliphatic carbocycles. The van der Waals surface area contributed by atoms with Crippen LogP contribution in [-0.2, 0) is 65.4 Å². The molecule has 110 heavy (non-hydrogen) atoms. The number of carbonyl (C=O) groups excluding carboxylic acids is 4. The number of esters is 4. The zero-order valence-electron chi connectivity index (χ0n) is 72.4. The van der Waals surface area contributed by atoms with Crippen molar-refractivity contribution in [2.24, 2.45) is 5.92 Å². The monoisotopic (exact) mass is 1610 g/mol. The maximum atomic E-state index is 13.2. The van der Waals surface area contributed by atoms with Crippen LogP contribution in [0.3, 0.4) is 0 Å². The summed E-state index contributed by atoms with van der Waals surface area (Å²) >= 11 is 0. The molecule has 0 aromatic rings. The molecule has 0 fully saturated rings. The van der Waals surface area contributed by atoms with Crippen LogP contribution in [0.15, 0.2) is 0 Å². The molecule has 0 amide bonds. The number of phosphoric ester groups is 2. The van der Waals surface area contributed by atoms with Gasteiger partial charge < -0.3 is 33.8 Å². The Bertz CT molecular complexity index is 2080. The SMILES string of the molecule is CCCCCCCCCCCCCCCCCCCCCCCCC(=O)OC[C@H](COP(=O)(O)OC[C@@H](O)COP(=O)(O)OC[C@@H](COC(=O)CCCCCCCCCCCCC)OC(=O)CCCCCCCCCCCCCCCCC)OC(=O)CCCCCCCCCCCCCCCCCCCCC(C)CC. The number of rotatable bonds is 91. The molecular weight excluding hydrogens is 1430 g/mol. The maximum Gasteiger partial charge on any atom is 0.472 e. The van der Waals surface area contributed by atoms with Gasteiger partial charge in [0.05, 0.1) is 26.4 Å². The molecule has 0 heterocycles. The highest BCUT2D eigenvalue weighted by molar-refractivity contribution is 7.47. The molecule has 17 nitrogen and oxygen atoms in total. The Kier molecular flexibility index (Phi) is 82.1. The normalized spacial score (nSPS) is 13.9. The molecule has 0 aromatic carbocycles. The fourth-order valence-corrected chi connectivity index (χ4v) is 15.9. The molecular formula is C91H178O17P2. The average molecular weight is 1610 g/mol. The predicted molar refractivity (Wildman–Crippen MR) is 455 cm³/mol. The maximum absolute atomic E-state index is 13.2. The van der Waals surface area contributed by atoms with Gasteiger partial charge in [0, 0.05) is 25.7 Å². The lowest BCUT2D eigenvalue weighted by Crippen LogP contribution is -2.30. The lowest BCUT2D eigenvalue weighted by molar-refractivity contribution is -0.161. The van der Waals surface area contributed by atoms with E-state index in [9.17, 15) is 43.2 Å². The van der Waals surface area contributed by atoms with E-state index in [0.29, 0.717) is 25.7 Å². The number of carbonyl (C=O) groups is 4. The number of hydrogen-bond donors (Lipinski definition) is 3. The van der Waals surface area contributed by atoms with Crippen LogP contribution < -0.4 is 0 Å². The molecule has 0 spiro atoms. The molecule has 0 saturated heterocycles. The smallest absolute Gasteiger partial charge is 0.462 e. The van der Waals surface area contributed by atoms with Crippen LogP contribution >= 0.6 is 15.6 Å². The summed E-state index contributed by atoms with van der Waals surface area (Å²) < 4.78 is 69.0. The molecule has 0 rings (SSSR count). The first kappa shape index (κ1) is 108. The van der Waals surface area contributed by atoms with Crippen LogP contribution in [0, 0.1) is 5.92 Å². The first-order valence-electron chi connectivity index (χ1n) is 47.2. The fraction of sp³-hybridized carbons (Fsp3) is 0.956. The minimum atomic E-state index is -4.97. The van der Waals surface area contributed by atoms with E-state index in [0.717, 1.165) is 95.8 Å². The number of unbranched alkanes of at least 4 members (excludes halogenated alkanes) is 62. The summed E-state index contributed by atoms with van der Waals surface area (Å²) in [4.78, 5) is 73.4. The van der Waals surface area contributed by atoms with E-state index in [1.54, 1.807) is 0 Å². The Morgan fingerprint density at radius 1 is 0.255 bits per heavy atom. The van der Waals surface area contributed by atoms with Crippen molar-refractivity contribution < 1.29 is 80.2 Å². The zero-order valence-corrected chi connectivity index (χ0v) is 74.2. The second-order valence-electron chi connectivity index (χ2n) is 32.9. The molecule has 0 saturated carbocycles. The number of phosphoric acid groups is 2. The van der Waals surface area contributed by atoms with E-state index in [1.165, 1.54) is 321 Å². The molecule has 3 unspecified atom stereocenters. The third kappa shape index (κ3) is 82.6. The number of hydrogen-bond acceptors (Lipinski definition) is 15. The quantitative estimate of drug-likeness (QED) is 0.0222. The van der Waals surface area contributed by atoms with Crippen LogP contribution in [0.2, 0.25) is 0 Å². The summed E-state index contributed by atoms with van der Waals surface area (Å²) in [6, 6.07) is 0. The van der Waals surface area contributed by atoms with E-state index in [1.807, 2.05) is 0 Å². The molecule has 0 aliphatic heterocycles. The van der Waals surface area contributed by atoms with Crippen molar-refractivity contribution in [2.45, 2.75) is 515 Å². The molecule has 6 atom stereocenters. The van der Waals surface area contributed by atoms with Crippen molar-refractivity contribution >= 4 is 39.5 Å². The largest absolute Gasteiger partial charge is 0.472 e. The van der Waals surface area contributed by atoms with Gasteiger partial charge in [-0.05, 0) is 31.6 Å². The third-order valence-corrected chi connectivity index (χ3v) is 23.8. The van der Waals surface area contributed by atoms with Crippen molar-refractivity contribution in [3.05, 3.63) is 0 Å². The summed E-state index contributed by atoms with van der Waals surface area (Å²) in [5.41, 5.74) is 0.